The van der Waals surface area contributed by atoms with E-state index in [2.05, 4.69) is 31.4 Å². The van der Waals surface area contributed by atoms with Crippen LogP contribution in [0.1, 0.15) is 87.0 Å². The van der Waals surface area contributed by atoms with Crippen LogP contribution in [0.15, 0.2) is 0 Å². The molecule has 282 valence electrons. The van der Waals surface area contributed by atoms with E-state index in [1.54, 1.807) is 13.8 Å². The van der Waals surface area contributed by atoms with Crippen LogP contribution in [0.3, 0.4) is 0 Å². The number of nitrogens with one attached hydrogen (secondary N) is 2. The van der Waals surface area contributed by atoms with Crippen LogP contribution in [-0.4, -0.2) is 112 Å². The van der Waals surface area contributed by atoms with Crippen molar-refractivity contribution < 1.29 is 47.7 Å². The monoisotopic (exact) mass is 698 g/mol. The number of ether oxygens (including phenoxy) is 4. The van der Waals surface area contributed by atoms with Gasteiger partial charge in [-0.2, -0.15) is 0 Å². The van der Waals surface area contributed by atoms with E-state index in [1.807, 2.05) is 13.8 Å². The quantitative estimate of drug-likeness (QED) is 0.0849. The third-order valence-electron chi connectivity index (χ3n) is 8.02. The van der Waals surface area contributed by atoms with Gasteiger partial charge in [0.2, 0.25) is 17.7 Å². The predicted molar refractivity (Wildman–Crippen MR) is 183 cm³/mol. The van der Waals surface area contributed by atoms with Crippen molar-refractivity contribution in [3.63, 3.8) is 0 Å². The molecule has 1 unspecified atom stereocenters. The number of nitrogens with zero attached hydrogens (tertiary/aromatic N) is 1. The number of primary amides is 1. The molecule has 3 atom stereocenters. The number of amides is 5. The van der Waals surface area contributed by atoms with Crippen molar-refractivity contribution in [2.75, 3.05) is 65.9 Å². The van der Waals surface area contributed by atoms with E-state index >= 15 is 0 Å². The lowest BCUT2D eigenvalue weighted by atomic mass is 9.84. The lowest BCUT2D eigenvalue weighted by Crippen LogP contribution is -2.45. The van der Waals surface area contributed by atoms with Crippen molar-refractivity contribution in [3.05, 3.63) is 0 Å². The molecule has 1 saturated heterocycles. The summed E-state index contributed by atoms with van der Waals surface area (Å²) in [5.41, 5.74) is 5.08. The van der Waals surface area contributed by atoms with E-state index < -0.39 is 18.0 Å². The second-order valence-corrected chi connectivity index (χ2v) is 14.4. The number of hydrogen-bond acceptors (Lipinski definition) is 10. The molecule has 0 radical (unpaired) electrons. The average Bonchev–Trinajstić information content (AvgIpc) is 3.26. The number of Topliss-reactive ketones (excluding diaryl/α,β-unsaturated/α-hetero) is 2. The van der Waals surface area contributed by atoms with Gasteiger partial charge in [0, 0.05) is 43.6 Å². The Morgan fingerprint density at radius 3 is 1.94 bits per heavy atom. The van der Waals surface area contributed by atoms with E-state index in [4.69, 9.17) is 24.7 Å². The Labute approximate surface area is 292 Å². The maximum absolute atomic E-state index is 13.2. The van der Waals surface area contributed by atoms with Crippen LogP contribution in [0.2, 0.25) is 0 Å². The largest absolute Gasteiger partial charge is 0.379 e. The number of hydrogen-bond donors (Lipinski definition) is 3. The summed E-state index contributed by atoms with van der Waals surface area (Å²) in [6.45, 7) is 16.5. The summed E-state index contributed by atoms with van der Waals surface area (Å²) in [6.07, 6.45) is 1.99. The van der Waals surface area contributed by atoms with Crippen LogP contribution in [0.4, 0.5) is 4.79 Å². The molecule has 5 amide bonds. The Morgan fingerprint density at radius 2 is 1.43 bits per heavy atom. The minimum absolute atomic E-state index is 0.0133. The highest BCUT2D eigenvalue weighted by Gasteiger charge is 2.39. The van der Waals surface area contributed by atoms with Crippen molar-refractivity contribution >= 4 is 35.3 Å². The summed E-state index contributed by atoms with van der Waals surface area (Å²) < 4.78 is 22.0. The fourth-order valence-corrected chi connectivity index (χ4v) is 5.58. The number of ketones is 2. The number of imide groups is 1. The van der Waals surface area contributed by atoms with Gasteiger partial charge in [0.25, 0.3) is 0 Å². The van der Waals surface area contributed by atoms with Gasteiger partial charge in [0.05, 0.1) is 65.4 Å². The smallest absolute Gasteiger partial charge is 0.312 e. The highest BCUT2D eigenvalue weighted by molar-refractivity contribution is 6.03. The zero-order valence-corrected chi connectivity index (χ0v) is 30.8. The Balaban J connectivity index is 2.17. The maximum Gasteiger partial charge on any atom is 0.312 e. The molecule has 0 bridgehead atoms. The normalized spacial score (nSPS) is 16.3. The van der Waals surface area contributed by atoms with Crippen LogP contribution >= 0.6 is 0 Å². The maximum atomic E-state index is 13.2. The highest BCUT2D eigenvalue weighted by atomic mass is 16.6. The minimum Gasteiger partial charge on any atom is -0.379 e. The number of urea groups is 1. The SMILES string of the molecule is CC(C)C(=O)[C@H](CCCNC(N)=O)CC(=O)[C@@H](NC(=O)CCOCCOCCOCCOCCN1C(=O)CC(CC(C)(C)C)C1=O)C(C)C. The molecule has 14 heteroatoms. The molecule has 1 rings (SSSR count). The van der Waals surface area contributed by atoms with Crippen LogP contribution in [0, 0.1) is 29.1 Å². The lowest BCUT2D eigenvalue weighted by Gasteiger charge is -2.24. The van der Waals surface area contributed by atoms with Gasteiger partial charge in [-0.05, 0) is 30.6 Å². The minimum atomic E-state index is -0.725. The summed E-state index contributed by atoms with van der Waals surface area (Å²) in [5, 5.41) is 5.29. The van der Waals surface area contributed by atoms with Crippen LogP contribution in [-0.2, 0) is 42.9 Å². The first kappa shape index (κ1) is 44.1. The first-order chi connectivity index (χ1) is 23.0. The highest BCUT2D eigenvalue weighted by Crippen LogP contribution is 2.31. The van der Waals surface area contributed by atoms with E-state index in [1.165, 1.54) is 4.90 Å². The Hall–Kier alpha value is -2.94. The summed E-state index contributed by atoms with van der Waals surface area (Å²) >= 11 is 0. The van der Waals surface area contributed by atoms with Crippen molar-refractivity contribution in [1.82, 2.24) is 15.5 Å². The van der Waals surface area contributed by atoms with Gasteiger partial charge in [-0.15, -0.1) is 0 Å². The van der Waals surface area contributed by atoms with Gasteiger partial charge >= 0.3 is 6.03 Å². The predicted octanol–water partition coefficient (Wildman–Crippen LogP) is 2.64. The average molecular weight is 699 g/mol. The number of carbonyl (C=O) groups is 6. The van der Waals surface area contributed by atoms with Crippen molar-refractivity contribution in [1.29, 1.82) is 0 Å². The molecule has 0 aliphatic carbocycles. The molecule has 1 fully saturated rings. The van der Waals surface area contributed by atoms with E-state index in [9.17, 15) is 28.8 Å². The van der Waals surface area contributed by atoms with Gasteiger partial charge in [-0.1, -0.05) is 48.5 Å². The van der Waals surface area contributed by atoms with Gasteiger partial charge in [-0.3, -0.25) is 28.9 Å². The lowest BCUT2D eigenvalue weighted by molar-refractivity contribution is -0.140. The molecule has 4 N–H and O–H groups in total. The van der Waals surface area contributed by atoms with Gasteiger partial charge < -0.3 is 35.3 Å². The number of rotatable bonds is 27. The van der Waals surface area contributed by atoms with Crippen molar-refractivity contribution in [2.24, 2.45) is 34.8 Å². The van der Waals surface area contributed by atoms with Crippen LogP contribution in [0.25, 0.3) is 0 Å². The van der Waals surface area contributed by atoms with Gasteiger partial charge in [-0.25, -0.2) is 4.79 Å². The Bertz CT molecular complexity index is 1060. The molecular formula is C35H62N4O10. The third-order valence-corrected chi connectivity index (χ3v) is 8.02. The fraction of sp³-hybridized carbons (Fsp3) is 0.829. The molecule has 0 aromatic rings. The molecule has 1 heterocycles. The van der Waals surface area contributed by atoms with Crippen LogP contribution < -0.4 is 16.4 Å². The number of likely N-dealkylation sites (tertiary alicyclic amines) is 1. The Kier molecular flexibility index (Phi) is 21.1. The summed E-state index contributed by atoms with van der Waals surface area (Å²) in [4.78, 5) is 75.4. The van der Waals surface area contributed by atoms with E-state index in [-0.39, 0.29) is 98.1 Å². The molecule has 0 spiro atoms. The van der Waals surface area contributed by atoms with Crippen LogP contribution in [0.5, 0.6) is 0 Å². The van der Waals surface area contributed by atoms with Crippen molar-refractivity contribution in [2.45, 2.75) is 93.0 Å². The second kappa shape index (κ2) is 23.5. The fourth-order valence-electron chi connectivity index (χ4n) is 5.58. The molecule has 49 heavy (non-hydrogen) atoms. The van der Waals surface area contributed by atoms with E-state index in [0.29, 0.717) is 58.8 Å². The van der Waals surface area contributed by atoms with Gasteiger partial charge in [0.1, 0.15) is 5.78 Å². The summed E-state index contributed by atoms with van der Waals surface area (Å²) in [7, 11) is 0. The van der Waals surface area contributed by atoms with Crippen molar-refractivity contribution in [3.8, 4) is 0 Å². The molecule has 1 aliphatic rings. The van der Waals surface area contributed by atoms with Gasteiger partial charge in [0.15, 0.2) is 5.78 Å². The molecule has 0 aromatic heterocycles. The first-order valence-corrected chi connectivity index (χ1v) is 17.6. The number of carbonyl (C=O) groups excluding carboxylic acids is 6. The zero-order valence-electron chi connectivity index (χ0n) is 30.8. The second-order valence-electron chi connectivity index (χ2n) is 14.4. The topological polar surface area (TPSA) is 193 Å². The third kappa shape index (κ3) is 19.1. The van der Waals surface area contributed by atoms with E-state index in [0.717, 1.165) is 0 Å². The molecule has 0 aromatic carbocycles. The molecule has 14 nitrogen and oxygen atoms in total. The Morgan fingerprint density at radius 1 is 0.878 bits per heavy atom. The summed E-state index contributed by atoms with van der Waals surface area (Å²) in [6, 6.07) is -1.36. The molecular weight excluding hydrogens is 636 g/mol. The first-order valence-electron chi connectivity index (χ1n) is 17.6. The number of nitrogens with two attached hydrogens (primary N) is 1. The zero-order chi connectivity index (χ0) is 37.0. The standard InChI is InChI=1S/C35H62N4O10/c1-24(2)31(28(40)21-26(32(43)25(3)4)9-8-11-37-34(36)45)38-29(41)10-13-46-15-17-48-19-20-49-18-16-47-14-12-39-30(42)22-27(33(39)44)23-35(5,6)7/h24-27,31H,8-23H2,1-7H3,(H,38,41)(H3,36,37,45)/t26-,27?,31+/m1/s1. The summed E-state index contributed by atoms with van der Waals surface area (Å²) in [5.74, 6) is -1.94. The molecule has 0 saturated carbocycles. The molecule has 1 aliphatic heterocycles.